The molecule has 7 heteroatoms. The molecule has 22 heavy (non-hydrogen) atoms. The standard InChI is InChI=1S/C15H11ClN2O3S/c1-22(20,13-6-4-12(16)5-7-13)18-10-11(9-17)15(19)14-3-2-8-21-14/h2-8,10H,1H3/b11-10-. The lowest BCUT2D eigenvalue weighted by atomic mass is 10.1. The minimum Gasteiger partial charge on any atom is -0.461 e. The van der Waals surface area contributed by atoms with Crippen molar-refractivity contribution in [2.45, 2.75) is 4.90 Å². The van der Waals surface area contributed by atoms with Crippen LogP contribution < -0.4 is 0 Å². The van der Waals surface area contributed by atoms with Gasteiger partial charge >= 0.3 is 0 Å². The lowest BCUT2D eigenvalue weighted by Crippen LogP contribution is -2.01. The van der Waals surface area contributed by atoms with Gasteiger partial charge in [0, 0.05) is 16.2 Å². The molecule has 2 aromatic rings. The summed E-state index contributed by atoms with van der Waals surface area (Å²) in [5, 5.41) is 9.56. The van der Waals surface area contributed by atoms with Crippen molar-refractivity contribution in [3.8, 4) is 6.07 Å². The summed E-state index contributed by atoms with van der Waals surface area (Å²) >= 11 is 5.78. The largest absolute Gasteiger partial charge is 0.461 e. The van der Waals surface area contributed by atoms with E-state index in [4.69, 9.17) is 21.3 Å². The molecule has 0 amide bonds. The predicted molar refractivity (Wildman–Crippen MR) is 82.9 cm³/mol. The van der Waals surface area contributed by atoms with Crippen LogP contribution in [-0.4, -0.2) is 16.2 Å². The van der Waals surface area contributed by atoms with Gasteiger partial charge in [0.1, 0.15) is 11.6 Å². The molecule has 1 aromatic heterocycles. The van der Waals surface area contributed by atoms with Crippen LogP contribution in [0.4, 0.5) is 0 Å². The summed E-state index contributed by atoms with van der Waals surface area (Å²) in [4.78, 5) is 12.4. The first-order chi connectivity index (χ1) is 10.4. The number of carbonyl (C=O) groups excluding carboxylic acids is 1. The number of ketones is 1. The molecule has 0 spiro atoms. The number of carbonyl (C=O) groups is 1. The van der Waals surface area contributed by atoms with Gasteiger partial charge < -0.3 is 4.42 Å². The van der Waals surface area contributed by atoms with Gasteiger partial charge in [0.15, 0.2) is 5.76 Å². The first-order valence-electron chi connectivity index (χ1n) is 6.09. The van der Waals surface area contributed by atoms with E-state index in [0.29, 0.717) is 9.92 Å². The third kappa shape index (κ3) is 3.64. The molecule has 0 bridgehead atoms. The quantitative estimate of drug-likeness (QED) is 0.485. The molecule has 1 unspecified atom stereocenters. The van der Waals surface area contributed by atoms with E-state index in [0.717, 1.165) is 6.20 Å². The highest BCUT2D eigenvalue weighted by molar-refractivity contribution is 7.93. The van der Waals surface area contributed by atoms with Crippen molar-refractivity contribution >= 4 is 27.1 Å². The Kier molecular flexibility index (Phi) is 4.81. The molecule has 0 aliphatic heterocycles. The van der Waals surface area contributed by atoms with Crippen LogP contribution >= 0.6 is 11.6 Å². The molecule has 2 rings (SSSR count). The van der Waals surface area contributed by atoms with Gasteiger partial charge in [-0.3, -0.25) is 4.79 Å². The smallest absolute Gasteiger partial charge is 0.240 e. The Morgan fingerprint density at radius 3 is 2.59 bits per heavy atom. The van der Waals surface area contributed by atoms with Gasteiger partial charge in [-0.1, -0.05) is 11.6 Å². The number of nitriles is 1. The highest BCUT2D eigenvalue weighted by atomic mass is 35.5. The third-order valence-electron chi connectivity index (χ3n) is 2.74. The average molecular weight is 335 g/mol. The molecular formula is C15H11ClN2O3S. The number of benzene rings is 1. The molecule has 0 saturated heterocycles. The molecular weight excluding hydrogens is 324 g/mol. The van der Waals surface area contributed by atoms with Crippen LogP contribution in [-0.2, 0) is 9.73 Å². The number of Topliss-reactive ketones (excluding diaryl/α,β-unsaturated/α-hetero) is 1. The molecule has 5 nitrogen and oxygen atoms in total. The molecule has 112 valence electrons. The zero-order chi connectivity index (χ0) is 16.2. The fourth-order valence-electron chi connectivity index (χ4n) is 1.58. The minimum absolute atomic E-state index is 0.0251. The van der Waals surface area contributed by atoms with Gasteiger partial charge in [-0.25, -0.2) is 8.57 Å². The average Bonchev–Trinajstić information content (AvgIpc) is 3.02. The number of rotatable bonds is 4. The van der Waals surface area contributed by atoms with Gasteiger partial charge in [-0.15, -0.1) is 0 Å². The molecule has 1 atom stereocenters. The lowest BCUT2D eigenvalue weighted by Gasteiger charge is -2.02. The van der Waals surface area contributed by atoms with Crippen LogP contribution in [0.3, 0.4) is 0 Å². The topological polar surface area (TPSA) is 83.4 Å². The number of allylic oxidation sites excluding steroid dienone is 1. The summed E-state index contributed by atoms with van der Waals surface area (Å²) in [6, 6.07) is 11.1. The first kappa shape index (κ1) is 16.0. The van der Waals surface area contributed by atoms with Crippen LogP contribution in [0.2, 0.25) is 5.02 Å². The van der Waals surface area contributed by atoms with Crippen LogP contribution in [0.1, 0.15) is 10.6 Å². The Bertz CT molecular complexity index is 869. The zero-order valence-corrected chi connectivity index (χ0v) is 13.1. The fourth-order valence-corrected chi connectivity index (χ4v) is 2.78. The molecule has 0 aliphatic carbocycles. The summed E-state index contributed by atoms with van der Waals surface area (Å²) in [6.45, 7) is 0. The van der Waals surface area contributed by atoms with E-state index in [1.54, 1.807) is 30.3 Å². The van der Waals surface area contributed by atoms with Crippen molar-refractivity contribution in [3.05, 3.63) is 65.2 Å². The van der Waals surface area contributed by atoms with E-state index in [2.05, 4.69) is 4.36 Å². The highest BCUT2D eigenvalue weighted by Crippen LogP contribution is 2.17. The van der Waals surface area contributed by atoms with E-state index in [9.17, 15) is 9.00 Å². The van der Waals surface area contributed by atoms with Crippen LogP contribution in [0, 0.1) is 11.3 Å². The Hall–Kier alpha value is -2.36. The van der Waals surface area contributed by atoms with E-state index < -0.39 is 15.5 Å². The fraction of sp³-hybridized carbons (Fsp3) is 0.0667. The minimum atomic E-state index is -2.78. The van der Waals surface area contributed by atoms with Crippen LogP contribution in [0.25, 0.3) is 0 Å². The summed E-state index contributed by atoms with van der Waals surface area (Å²) in [7, 11) is -2.78. The van der Waals surface area contributed by atoms with Gasteiger partial charge in [0.05, 0.1) is 22.2 Å². The predicted octanol–water partition coefficient (Wildman–Crippen LogP) is 3.68. The van der Waals surface area contributed by atoms with Crippen molar-refractivity contribution in [1.29, 1.82) is 5.26 Å². The maximum atomic E-state index is 12.5. The molecule has 0 N–H and O–H groups in total. The zero-order valence-electron chi connectivity index (χ0n) is 11.5. The number of hydrogen-bond acceptors (Lipinski definition) is 5. The number of furan rings is 1. The van der Waals surface area contributed by atoms with E-state index in [1.165, 1.54) is 24.7 Å². The van der Waals surface area contributed by atoms with Gasteiger partial charge in [0.25, 0.3) is 0 Å². The van der Waals surface area contributed by atoms with Gasteiger partial charge in [-0.2, -0.15) is 5.26 Å². The second kappa shape index (κ2) is 6.60. The molecule has 0 saturated carbocycles. The number of halogens is 1. The second-order valence-electron chi connectivity index (χ2n) is 4.32. The number of nitrogens with zero attached hydrogens (tertiary/aromatic N) is 2. The maximum absolute atomic E-state index is 12.5. The van der Waals surface area contributed by atoms with Gasteiger partial charge in [0.2, 0.25) is 5.78 Å². The highest BCUT2D eigenvalue weighted by Gasteiger charge is 2.15. The monoisotopic (exact) mass is 334 g/mol. The molecule has 1 aromatic carbocycles. The number of hydrogen-bond donors (Lipinski definition) is 0. The first-order valence-corrected chi connectivity index (χ1v) is 8.39. The van der Waals surface area contributed by atoms with Crippen molar-refractivity contribution in [2.75, 3.05) is 6.26 Å². The van der Waals surface area contributed by atoms with Crippen molar-refractivity contribution in [3.63, 3.8) is 0 Å². The molecule has 0 radical (unpaired) electrons. The van der Waals surface area contributed by atoms with Crippen LogP contribution in [0.5, 0.6) is 0 Å². The SMILES string of the molecule is CS(=O)(=N/C=C(/C#N)C(=O)c1ccco1)c1ccc(Cl)cc1. The third-order valence-corrected chi connectivity index (χ3v) is 4.65. The Balaban J connectivity index is 2.38. The Morgan fingerprint density at radius 2 is 2.05 bits per heavy atom. The molecule has 0 aliphatic rings. The molecule has 1 heterocycles. The summed E-state index contributed by atoms with van der Waals surface area (Å²) in [6.07, 6.45) is 3.76. The Labute approximate surface area is 133 Å². The van der Waals surface area contributed by atoms with Gasteiger partial charge in [-0.05, 0) is 36.4 Å². The summed E-state index contributed by atoms with van der Waals surface area (Å²) in [5.74, 6) is -0.584. The summed E-state index contributed by atoms with van der Waals surface area (Å²) in [5.41, 5.74) is -0.251. The second-order valence-corrected chi connectivity index (χ2v) is 7.05. The van der Waals surface area contributed by atoms with Crippen molar-refractivity contribution in [2.24, 2.45) is 4.36 Å². The normalized spacial score (nSPS) is 14.0. The lowest BCUT2D eigenvalue weighted by molar-refractivity contribution is 0.101. The van der Waals surface area contributed by atoms with E-state index in [-0.39, 0.29) is 11.3 Å². The Morgan fingerprint density at radius 1 is 1.36 bits per heavy atom. The van der Waals surface area contributed by atoms with Crippen LogP contribution in [0.15, 0.2) is 68.1 Å². The molecule has 0 fully saturated rings. The van der Waals surface area contributed by atoms with Crippen molar-refractivity contribution in [1.82, 2.24) is 0 Å². The summed E-state index contributed by atoms with van der Waals surface area (Å²) < 4.78 is 21.4. The van der Waals surface area contributed by atoms with E-state index >= 15 is 0 Å². The maximum Gasteiger partial charge on any atom is 0.240 e. The van der Waals surface area contributed by atoms with Crippen molar-refractivity contribution < 1.29 is 13.4 Å². The van der Waals surface area contributed by atoms with E-state index in [1.807, 2.05) is 0 Å².